The summed E-state index contributed by atoms with van der Waals surface area (Å²) in [6.45, 7) is 4.89. The Morgan fingerprint density at radius 2 is 1.94 bits per heavy atom. The van der Waals surface area contributed by atoms with Crippen LogP contribution in [-0.4, -0.2) is 46.9 Å². The molecule has 0 heterocycles. The third-order valence-electron chi connectivity index (χ3n) is 1.69. The first kappa shape index (κ1) is 14.9. The van der Waals surface area contributed by atoms with E-state index in [1.54, 1.807) is 20.8 Å². The van der Waals surface area contributed by atoms with E-state index in [0.717, 1.165) is 0 Å². The lowest BCUT2D eigenvalue weighted by Gasteiger charge is -2.20. The summed E-state index contributed by atoms with van der Waals surface area (Å²) in [7, 11) is 0. The van der Waals surface area contributed by atoms with Gasteiger partial charge in [-0.25, -0.2) is 4.79 Å². The number of aliphatic hydroxyl groups is 1. The normalized spacial score (nSPS) is 13.2. The second kappa shape index (κ2) is 6.44. The molecule has 6 heteroatoms. The van der Waals surface area contributed by atoms with Gasteiger partial charge in [-0.3, -0.25) is 4.79 Å². The summed E-state index contributed by atoms with van der Waals surface area (Å²) in [5.74, 6) is -1.67. The minimum absolute atomic E-state index is 0.0173. The number of carbonyl (C=O) groups excluding carboxylic acids is 1. The van der Waals surface area contributed by atoms with E-state index in [4.69, 9.17) is 14.9 Å². The van der Waals surface area contributed by atoms with E-state index in [0.29, 0.717) is 0 Å². The monoisotopic (exact) mass is 233 g/mol. The summed E-state index contributed by atoms with van der Waals surface area (Å²) < 4.78 is 5.18. The number of rotatable bonds is 6. The molecule has 0 aromatic carbocycles. The molecule has 0 aliphatic rings. The predicted octanol–water partition coefficient (Wildman–Crippen LogP) is -0.247. The van der Waals surface area contributed by atoms with Crippen LogP contribution in [-0.2, 0) is 14.3 Å². The first-order chi connectivity index (χ1) is 7.26. The standard InChI is InChI=1S/C10H19NO5/c1-10(2,3)16-6-8(13)11-7(4-5-12)9(14)15/h7,12H,4-6H2,1-3H3,(H,11,13)(H,14,15). The minimum atomic E-state index is -1.17. The Balaban J connectivity index is 4.05. The zero-order chi connectivity index (χ0) is 12.8. The molecule has 0 aromatic rings. The van der Waals surface area contributed by atoms with Gasteiger partial charge in [-0.2, -0.15) is 0 Å². The van der Waals surface area contributed by atoms with Crippen molar-refractivity contribution in [2.24, 2.45) is 0 Å². The number of carboxylic acid groups (broad SMARTS) is 1. The fourth-order valence-electron chi connectivity index (χ4n) is 0.905. The maximum atomic E-state index is 11.3. The topological polar surface area (TPSA) is 95.9 Å². The van der Waals surface area contributed by atoms with Gasteiger partial charge in [0.05, 0.1) is 5.60 Å². The fourth-order valence-corrected chi connectivity index (χ4v) is 0.905. The zero-order valence-corrected chi connectivity index (χ0v) is 9.82. The summed E-state index contributed by atoms with van der Waals surface area (Å²) in [6.07, 6.45) is -0.0173. The molecule has 0 saturated heterocycles. The number of carboxylic acids is 1. The summed E-state index contributed by atoms with van der Waals surface area (Å²) >= 11 is 0. The Bertz CT molecular complexity index is 246. The highest BCUT2D eigenvalue weighted by Crippen LogP contribution is 2.05. The Morgan fingerprint density at radius 1 is 1.38 bits per heavy atom. The average Bonchev–Trinajstić information content (AvgIpc) is 2.13. The first-order valence-electron chi connectivity index (χ1n) is 5.03. The van der Waals surface area contributed by atoms with Gasteiger partial charge in [0.15, 0.2) is 0 Å². The Kier molecular flexibility index (Phi) is 5.98. The number of nitrogens with one attached hydrogen (secondary N) is 1. The summed E-state index contributed by atoms with van der Waals surface area (Å²) in [5.41, 5.74) is -0.451. The van der Waals surface area contributed by atoms with Gasteiger partial charge >= 0.3 is 5.97 Å². The van der Waals surface area contributed by atoms with Crippen LogP contribution >= 0.6 is 0 Å². The van der Waals surface area contributed by atoms with Crippen LogP contribution in [0.2, 0.25) is 0 Å². The van der Waals surface area contributed by atoms with E-state index in [9.17, 15) is 9.59 Å². The van der Waals surface area contributed by atoms with Gasteiger partial charge in [0.25, 0.3) is 0 Å². The number of hydrogen-bond donors (Lipinski definition) is 3. The number of carbonyl (C=O) groups is 2. The smallest absolute Gasteiger partial charge is 0.326 e. The lowest BCUT2D eigenvalue weighted by Crippen LogP contribution is -2.43. The molecule has 0 aliphatic carbocycles. The summed E-state index contributed by atoms with van der Waals surface area (Å²) in [5, 5.41) is 19.6. The van der Waals surface area contributed by atoms with Gasteiger partial charge in [0.1, 0.15) is 12.6 Å². The molecule has 0 rings (SSSR count). The molecule has 0 aliphatic heterocycles. The predicted molar refractivity (Wildman–Crippen MR) is 57.0 cm³/mol. The van der Waals surface area contributed by atoms with Crippen LogP contribution in [0.15, 0.2) is 0 Å². The molecule has 6 nitrogen and oxygen atoms in total. The van der Waals surface area contributed by atoms with Gasteiger partial charge in [-0.1, -0.05) is 0 Å². The largest absolute Gasteiger partial charge is 0.480 e. The lowest BCUT2D eigenvalue weighted by molar-refractivity contribution is -0.144. The van der Waals surface area contributed by atoms with Crippen molar-refractivity contribution in [3.63, 3.8) is 0 Å². The molecule has 0 bridgehead atoms. The average molecular weight is 233 g/mol. The molecule has 1 atom stereocenters. The fraction of sp³-hybridized carbons (Fsp3) is 0.800. The summed E-state index contributed by atoms with van der Waals surface area (Å²) in [4.78, 5) is 22.0. The van der Waals surface area contributed by atoms with E-state index in [1.807, 2.05) is 0 Å². The molecule has 0 fully saturated rings. The van der Waals surface area contributed by atoms with Crippen molar-refractivity contribution in [3.05, 3.63) is 0 Å². The van der Waals surface area contributed by atoms with Crippen LogP contribution in [0.25, 0.3) is 0 Å². The van der Waals surface area contributed by atoms with Crippen molar-refractivity contribution in [2.75, 3.05) is 13.2 Å². The second-order valence-electron chi connectivity index (χ2n) is 4.37. The summed E-state index contributed by atoms with van der Waals surface area (Å²) in [6, 6.07) is -1.07. The van der Waals surface area contributed by atoms with Crippen molar-refractivity contribution >= 4 is 11.9 Å². The van der Waals surface area contributed by atoms with E-state index < -0.39 is 23.5 Å². The number of aliphatic carboxylic acids is 1. The molecule has 94 valence electrons. The zero-order valence-electron chi connectivity index (χ0n) is 9.82. The van der Waals surface area contributed by atoms with Gasteiger partial charge in [0.2, 0.25) is 5.91 Å². The van der Waals surface area contributed by atoms with Crippen molar-refractivity contribution < 1.29 is 24.5 Å². The Hall–Kier alpha value is -1.14. The molecule has 0 spiro atoms. The molecular formula is C10H19NO5. The molecule has 3 N–H and O–H groups in total. The maximum absolute atomic E-state index is 11.3. The van der Waals surface area contributed by atoms with Crippen LogP contribution in [0.5, 0.6) is 0 Å². The van der Waals surface area contributed by atoms with Gasteiger partial charge in [0, 0.05) is 13.0 Å². The second-order valence-corrected chi connectivity index (χ2v) is 4.37. The Morgan fingerprint density at radius 3 is 2.31 bits per heavy atom. The maximum Gasteiger partial charge on any atom is 0.326 e. The number of amides is 1. The highest BCUT2D eigenvalue weighted by Gasteiger charge is 2.20. The van der Waals surface area contributed by atoms with Crippen LogP contribution < -0.4 is 5.32 Å². The van der Waals surface area contributed by atoms with E-state index in [-0.39, 0.29) is 19.6 Å². The minimum Gasteiger partial charge on any atom is -0.480 e. The molecule has 0 radical (unpaired) electrons. The highest BCUT2D eigenvalue weighted by molar-refractivity contribution is 5.84. The number of hydrogen-bond acceptors (Lipinski definition) is 4. The lowest BCUT2D eigenvalue weighted by atomic mass is 10.2. The van der Waals surface area contributed by atoms with Crippen LogP contribution in [0.4, 0.5) is 0 Å². The molecule has 0 saturated carbocycles. The van der Waals surface area contributed by atoms with Crippen molar-refractivity contribution in [2.45, 2.75) is 38.8 Å². The van der Waals surface area contributed by atoms with Crippen molar-refractivity contribution in [1.29, 1.82) is 0 Å². The third-order valence-corrected chi connectivity index (χ3v) is 1.69. The Labute approximate surface area is 94.6 Å². The highest BCUT2D eigenvalue weighted by atomic mass is 16.5. The molecule has 0 aromatic heterocycles. The van der Waals surface area contributed by atoms with Gasteiger partial charge in [-0.05, 0) is 20.8 Å². The van der Waals surface area contributed by atoms with Crippen LogP contribution in [0.3, 0.4) is 0 Å². The first-order valence-corrected chi connectivity index (χ1v) is 5.03. The van der Waals surface area contributed by atoms with Crippen molar-refractivity contribution in [1.82, 2.24) is 5.32 Å². The molecule has 1 amide bonds. The van der Waals surface area contributed by atoms with Gasteiger partial charge < -0.3 is 20.3 Å². The number of aliphatic hydroxyl groups excluding tert-OH is 1. The third kappa shape index (κ3) is 7.19. The quantitative estimate of drug-likeness (QED) is 0.588. The molecular weight excluding hydrogens is 214 g/mol. The molecule has 16 heavy (non-hydrogen) atoms. The van der Waals surface area contributed by atoms with Crippen molar-refractivity contribution in [3.8, 4) is 0 Å². The van der Waals surface area contributed by atoms with E-state index in [2.05, 4.69) is 5.32 Å². The van der Waals surface area contributed by atoms with Gasteiger partial charge in [-0.15, -0.1) is 0 Å². The SMILES string of the molecule is CC(C)(C)OCC(=O)NC(CCO)C(=O)O. The van der Waals surface area contributed by atoms with Crippen LogP contribution in [0, 0.1) is 0 Å². The van der Waals surface area contributed by atoms with E-state index >= 15 is 0 Å². The van der Waals surface area contributed by atoms with E-state index in [1.165, 1.54) is 0 Å². The molecule has 1 unspecified atom stereocenters. The number of ether oxygens (including phenoxy) is 1. The van der Waals surface area contributed by atoms with Crippen LogP contribution in [0.1, 0.15) is 27.2 Å².